The van der Waals surface area contributed by atoms with Crippen molar-refractivity contribution in [2.75, 3.05) is 25.6 Å². The molecule has 3 rings (SSSR count). The van der Waals surface area contributed by atoms with Gasteiger partial charge in [-0.2, -0.15) is 0 Å². The zero-order valence-electron chi connectivity index (χ0n) is 17.4. The number of sulfonamides is 1. The monoisotopic (exact) mass is 457 g/mol. The molecule has 168 valence electrons. The van der Waals surface area contributed by atoms with Crippen LogP contribution < -0.4 is 14.8 Å². The van der Waals surface area contributed by atoms with Gasteiger partial charge < -0.3 is 19.2 Å². The van der Waals surface area contributed by atoms with Crippen LogP contribution in [0.2, 0.25) is 0 Å². The van der Waals surface area contributed by atoms with Gasteiger partial charge in [-0.3, -0.25) is 4.79 Å². The van der Waals surface area contributed by atoms with Crippen LogP contribution in [0.3, 0.4) is 0 Å². The van der Waals surface area contributed by atoms with Gasteiger partial charge in [0.2, 0.25) is 21.8 Å². The summed E-state index contributed by atoms with van der Waals surface area (Å²) >= 11 is 0. The number of nitrogens with zero attached hydrogens (tertiary/aromatic N) is 1. The number of ether oxygens (including phenoxy) is 2. The van der Waals surface area contributed by atoms with E-state index in [4.69, 9.17) is 13.9 Å². The molecule has 9 nitrogen and oxygen atoms in total. The smallest absolute Gasteiger partial charge is 0.248 e. The quantitative estimate of drug-likeness (QED) is 0.336. The van der Waals surface area contributed by atoms with E-state index in [0.717, 1.165) is 0 Å². The third-order valence-electron chi connectivity index (χ3n) is 4.19. The van der Waals surface area contributed by atoms with Crippen molar-refractivity contribution in [2.24, 2.45) is 0 Å². The van der Waals surface area contributed by atoms with Crippen molar-refractivity contribution >= 4 is 27.7 Å². The molecule has 2 N–H and O–H groups in total. The van der Waals surface area contributed by atoms with Crippen molar-refractivity contribution in [3.05, 3.63) is 78.4 Å². The van der Waals surface area contributed by atoms with Crippen LogP contribution in [-0.2, 0) is 26.1 Å². The molecule has 0 spiro atoms. The van der Waals surface area contributed by atoms with E-state index < -0.39 is 10.0 Å². The molecule has 0 unspecified atom stereocenters. The van der Waals surface area contributed by atoms with E-state index in [1.165, 1.54) is 24.5 Å². The van der Waals surface area contributed by atoms with Gasteiger partial charge in [0.05, 0.1) is 24.3 Å². The van der Waals surface area contributed by atoms with Crippen LogP contribution in [-0.4, -0.2) is 39.6 Å². The molecule has 1 aromatic carbocycles. The minimum absolute atomic E-state index is 0.0582. The topological polar surface area (TPSA) is 120 Å². The Bertz CT molecular complexity index is 1140. The van der Waals surface area contributed by atoms with Crippen LogP contribution in [0.25, 0.3) is 6.08 Å². The average Bonchev–Trinajstić information content (AvgIpc) is 3.32. The average molecular weight is 458 g/mol. The highest BCUT2D eigenvalue weighted by Crippen LogP contribution is 2.20. The second-order valence-corrected chi connectivity index (χ2v) is 8.26. The van der Waals surface area contributed by atoms with Gasteiger partial charge in [0.15, 0.2) is 0 Å². The lowest BCUT2D eigenvalue weighted by atomic mass is 10.2. The second-order valence-electron chi connectivity index (χ2n) is 6.49. The third-order valence-corrected chi connectivity index (χ3v) is 5.61. The van der Waals surface area contributed by atoms with Crippen LogP contribution in [0, 0.1) is 0 Å². The molecular formula is C22H23N3O6S. The van der Waals surface area contributed by atoms with E-state index in [0.29, 0.717) is 36.1 Å². The van der Waals surface area contributed by atoms with E-state index in [1.54, 1.807) is 55.8 Å². The van der Waals surface area contributed by atoms with Gasteiger partial charge >= 0.3 is 0 Å². The van der Waals surface area contributed by atoms with Crippen LogP contribution in [0.1, 0.15) is 11.3 Å². The molecule has 10 heteroatoms. The fraction of sp³-hybridized carbons (Fsp3) is 0.182. The molecular weight excluding hydrogens is 434 g/mol. The number of aromatic nitrogens is 1. The number of carbonyl (C=O) groups excluding carboxylic acids is 1. The Labute approximate surface area is 186 Å². The molecule has 0 saturated heterocycles. The van der Waals surface area contributed by atoms with E-state index in [-0.39, 0.29) is 17.3 Å². The van der Waals surface area contributed by atoms with Crippen LogP contribution >= 0.6 is 0 Å². The summed E-state index contributed by atoms with van der Waals surface area (Å²) in [5, 5.41) is 2.70. The van der Waals surface area contributed by atoms with Crippen LogP contribution in [0.5, 0.6) is 5.88 Å². The normalized spacial score (nSPS) is 11.5. The summed E-state index contributed by atoms with van der Waals surface area (Å²) in [5.74, 6) is 0.425. The van der Waals surface area contributed by atoms with Crippen molar-refractivity contribution in [3.63, 3.8) is 0 Å². The summed E-state index contributed by atoms with van der Waals surface area (Å²) in [5.41, 5.74) is 1.09. The maximum absolute atomic E-state index is 12.4. The lowest BCUT2D eigenvalue weighted by Gasteiger charge is -2.09. The Hall–Kier alpha value is -3.47. The zero-order chi connectivity index (χ0) is 22.8. The summed E-state index contributed by atoms with van der Waals surface area (Å²) in [6, 6.07) is 12.9. The summed E-state index contributed by atoms with van der Waals surface area (Å²) in [6.45, 7) is 0.758. The first-order valence-corrected chi connectivity index (χ1v) is 11.1. The molecule has 2 heterocycles. The molecule has 2 aromatic heterocycles. The van der Waals surface area contributed by atoms with Crippen molar-refractivity contribution in [3.8, 4) is 5.88 Å². The Morgan fingerprint density at radius 3 is 2.66 bits per heavy atom. The number of pyridine rings is 1. The molecule has 0 aliphatic rings. The Morgan fingerprint density at radius 1 is 1.12 bits per heavy atom. The van der Waals surface area contributed by atoms with Crippen molar-refractivity contribution < 1.29 is 27.1 Å². The number of nitrogens with one attached hydrogen (secondary N) is 2. The first-order chi connectivity index (χ1) is 15.5. The number of carbonyl (C=O) groups is 1. The van der Waals surface area contributed by atoms with Gasteiger partial charge in [0.25, 0.3) is 0 Å². The molecule has 0 aliphatic heterocycles. The summed E-state index contributed by atoms with van der Waals surface area (Å²) in [4.78, 5) is 16.5. The van der Waals surface area contributed by atoms with Gasteiger partial charge in [-0.25, -0.2) is 18.1 Å². The second kappa shape index (κ2) is 11.2. The van der Waals surface area contributed by atoms with E-state index >= 15 is 0 Å². The minimum atomic E-state index is -3.68. The highest BCUT2D eigenvalue weighted by molar-refractivity contribution is 7.89. The van der Waals surface area contributed by atoms with E-state index in [9.17, 15) is 13.2 Å². The maximum atomic E-state index is 12.4. The molecule has 3 aromatic rings. The van der Waals surface area contributed by atoms with Crippen molar-refractivity contribution in [1.29, 1.82) is 0 Å². The Kier molecular flexibility index (Phi) is 8.14. The largest absolute Gasteiger partial charge is 0.474 e. The van der Waals surface area contributed by atoms with Gasteiger partial charge in [0, 0.05) is 19.4 Å². The molecule has 32 heavy (non-hydrogen) atoms. The first kappa shape index (κ1) is 23.2. The molecule has 0 saturated carbocycles. The number of methoxy groups -OCH3 is 1. The summed E-state index contributed by atoms with van der Waals surface area (Å²) in [6.07, 6.45) is 5.95. The highest BCUT2D eigenvalue weighted by atomic mass is 32.2. The number of rotatable bonds is 11. The molecule has 1 amide bonds. The lowest BCUT2D eigenvalue weighted by Crippen LogP contribution is -2.22. The number of anilines is 1. The number of hydrogen-bond acceptors (Lipinski definition) is 7. The highest BCUT2D eigenvalue weighted by Gasteiger charge is 2.14. The SMILES string of the molecule is COCCOc1ncccc1NC(=O)/C=C/c1ccc(S(=O)(=O)NCc2ccco2)cc1. The molecule has 0 atom stereocenters. The van der Waals surface area contributed by atoms with Crippen molar-refractivity contribution in [1.82, 2.24) is 9.71 Å². The lowest BCUT2D eigenvalue weighted by molar-refractivity contribution is -0.111. The molecule has 0 radical (unpaired) electrons. The molecule has 0 bridgehead atoms. The third kappa shape index (κ3) is 6.77. The fourth-order valence-electron chi connectivity index (χ4n) is 2.59. The van der Waals surface area contributed by atoms with E-state index in [2.05, 4.69) is 15.0 Å². The van der Waals surface area contributed by atoms with Crippen molar-refractivity contribution in [2.45, 2.75) is 11.4 Å². The number of hydrogen-bond donors (Lipinski definition) is 2. The summed E-state index contributed by atoms with van der Waals surface area (Å²) in [7, 11) is -2.12. The maximum Gasteiger partial charge on any atom is 0.248 e. The van der Waals surface area contributed by atoms with Crippen LogP contribution in [0.4, 0.5) is 5.69 Å². The molecule has 0 fully saturated rings. The van der Waals surface area contributed by atoms with Gasteiger partial charge in [-0.1, -0.05) is 12.1 Å². The predicted octanol–water partition coefficient (Wildman–Crippen LogP) is 2.83. The Morgan fingerprint density at radius 2 is 1.94 bits per heavy atom. The number of furan rings is 1. The predicted molar refractivity (Wildman–Crippen MR) is 118 cm³/mol. The minimum Gasteiger partial charge on any atom is -0.474 e. The number of benzene rings is 1. The van der Waals surface area contributed by atoms with E-state index in [1.807, 2.05) is 0 Å². The number of amides is 1. The van der Waals surface area contributed by atoms with Gasteiger partial charge in [-0.05, 0) is 48.0 Å². The summed E-state index contributed by atoms with van der Waals surface area (Å²) < 4.78 is 42.8. The zero-order valence-corrected chi connectivity index (χ0v) is 18.2. The van der Waals surface area contributed by atoms with Gasteiger partial charge in [0.1, 0.15) is 18.1 Å². The first-order valence-electron chi connectivity index (χ1n) is 9.66. The van der Waals surface area contributed by atoms with Crippen LogP contribution in [0.15, 0.2) is 76.4 Å². The molecule has 0 aliphatic carbocycles. The van der Waals surface area contributed by atoms with Gasteiger partial charge in [-0.15, -0.1) is 0 Å². The fourth-order valence-corrected chi connectivity index (χ4v) is 3.58. The Balaban J connectivity index is 1.58. The standard InChI is InChI=1S/C22H23N3O6S/c1-29-14-15-31-22-20(5-2-12-23-22)25-21(26)11-8-17-6-9-19(10-7-17)32(27,28)24-16-18-4-3-13-30-18/h2-13,24H,14-16H2,1H3,(H,25,26)/b11-8+.